The Labute approximate surface area is 124 Å². The molecular formula is C13H23N3O4S. The largest absolute Gasteiger partial charge is 0.369 e. The van der Waals surface area contributed by atoms with Crippen LogP contribution in [0.5, 0.6) is 0 Å². The number of amides is 2. The zero-order valence-electron chi connectivity index (χ0n) is 12.0. The first kappa shape index (κ1) is 16.2. The number of rotatable bonds is 4. The highest BCUT2D eigenvalue weighted by molar-refractivity contribution is 7.91. The van der Waals surface area contributed by atoms with Gasteiger partial charge in [-0.3, -0.25) is 9.59 Å². The van der Waals surface area contributed by atoms with Crippen molar-refractivity contribution in [3.05, 3.63) is 0 Å². The fourth-order valence-corrected chi connectivity index (χ4v) is 4.48. The van der Waals surface area contributed by atoms with Gasteiger partial charge in [-0.15, -0.1) is 0 Å². The highest BCUT2D eigenvalue weighted by atomic mass is 32.2. The fraction of sp³-hybridized carbons (Fsp3) is 0.846. The van der Waals surface area contributed by atoms with E-state index in [9.17, 15) is 18.0 Å². The molecule has 8 heteroatoms. The van der Waals surface area contributed by atoms with E-state index in [4.69, 9.17) is 5.73 Å². The summed E-state index contributed by atoms with van der Waals surface area (Å²) < 4.78 is 23.0. The number of carbonyl (C=O) groups is 2. The maximum atomic E-state index is 12.0. The highest BCUT2D eigenvalue weighted by Gasteiger charge is 2.28. The van der Waals surface area contributed by atoms with Gasteiger partial charge in [0.15, 0.2) is 9.84 Å². The molecular weight excluding hydrogens is 294 g/mol. The molecule has 0 spiro atoms. The number of sulfone groups is 1. The van der Waals surface area contributed by atoms with Crippen molar-refractivity contribution < 1.29 is 18.0 Å². The van der Waals surface area contributed by atoms with Crippen molar-refractivity contribution in [3.63, 3.8) is 0 Å². The first-order valence-electron chi connectivity index (χ1n) is 7.38. The van der Waals surface area contributed by atoms with Crippen molar-refractivity contribution in [2.24, 2.45) is 11.7 Å². The monoisotopic (exact) mass is 317 g/mol. The Morgan fingerprint density at radius 2 is 1.86 bits per heavy atom. The van der Waals surface area contributed by atoms with Crippen molar-refractivity contribution in [1.29, 1.82) is 0 Å². The van der Waals surface area contributed by atoms with Crippen LogP contribution in [0.15, 0.2) is 0 Å². The number of nitrogens with two attached hydrogens (primary N) is 1. The fourth-order valence-electron chi connectivity index (χ4n) is 3.03. The van der Waals surface area contributed by atoms with Crippen LogP contribution in [0.1, 0.15) is 32.1 Å². The van der Waals surface area contributed by atoms with Crippen molar-refractivity contribution >= 4 is 21.7 Å². The standard InChI is InChI=1S/C13H23N3O4S/c14-13(18)9-1-3-10(4-2-9)16-12(17)7-11-8-21(19,20)6-5-15-11/h9-11,15H,1-8H2,(H2,14,18)(H,16,17). The van der Waals surface area contributed by atoms with Crippen LogP contribution in [0, 0.1) is 5.92 Å². The minimum Gasteiger partial charge on any atom is -0.369 e. The minimum atomic E-state index is -3.02. The van der Waals surface area contributed by atoms with Gasteiger partial charge in [0, 0.05) is 31.0 Å². The van der Waals surface area contributed by atoms with Crippen LogP contribution in [0.4, 0.5) is 0 Å². The van der Waals surface area contributed by atoms with E-state index < -0.39 is 9.84 Å². The number of hydrogen-bond donors (Lipinski definition) is 3. The summed E-state index contributed by atoms with van der Waals surface area (Å²) in [5, 5.41) is 5.99. The Bertz CT molecular complexity index is 498. The number of carbonyl (C=O) groups excluding carboxylic acids is 2. The number of hydrogen-bond acceptors (Lipinski definition) is 5. The van der Waals surface area contributed by atoms with Gasteiger partial charge in [0.2, 0.25) is 11.8 Å². The lowest BCUT2D eigenvalue weighted by molar-refractivity contribution is -0.123. The summed E-state index contributed by atoms with van der Waals surface area (Å²) in [4.78, 5) is 23.0. The summed E-state index contributed by atoms with van der Waals surface area (Å²) in [6, 6.07) is -0.237. The van der Waals surface area contributed by atoms with E-state index in [1.807, 2.05) is 0 Å². The van der Waals surface area contributed by atoms with Crippen molar-refractivity contribution in [1.82, 2.24) is 10.6 Å². The Hall–Kier alpha value is -1.15. The van der Waals surface area contributed by atoms with E-state index in [0.717, 1.165) is 12.8 Å². The second kappa shape index (κ2) is 6.74. The summed E-state index contributed by atoms with van der Waals surface area (Å²) in [7, 11) is -3.02. The molecule has 1 saturated heterocycles. The van der Waals surface area contributed by atoms with E-state index in [1.165, 1.54) is 0 Å². The zero-order valence-corrected chi connectivity index (χ0v) is 12.8. The molecule has 1 heterocycles. The molecule has 2 aliphatic rings. The molecule has 0 aromatic carbocycles. The van der Waals surface area contributed by atoms with Crippen LogP contribution in [0.2, 0.25) is 0 Å². The zero-order chi connectivity index (χ0) is 15.5. The van der Waals surface area contributed by atoms with E-state index >= 15 is 0 Å². The molecule has 2 rings (SSSR count). The molecule has 7 nitrogen and oxygen atoms in total. The Balaban J connectivity index is 1.74. The average molecular weight is 317 g/mol. The Morgan fingerprint density at radius 1 is 1.19 bits per heavy atom. The molecule has 0 bridgehead atoms. The second-order valence-corrected chi connectivity index (χ2v) is 8.22. The molecule has 0 aromatic heterocycles. The molecule has 1 atom stereocenters. The second-order valence-electron chi connectivity index (χ2n) is 5.99. The van der Waals surface area contributed by atoms with Crippen LogP contribution in [0.25, 0.3) is 0 Å². The maximum Gasteiger partial charge on any atom is 0.221 e. The minimum absolute atomic E-state index is 0.0227. The Morgan fingerprint density at radius 3 is 2.43 bits per heavy atom. The van der Waals surface area contributed by atoms with Crippen LogP contribution in [-0.4, -0.2) is 50.4 Å². The Kier molecular flexibility index (Phi) is 5.21. The molecule has 1 aliphatic heterocycles. The van der Waals surface area contributed by atoms with E-state index in [2.05, 4.69) is 10.6 Å². The van der Waals surface area contributed by atoms with Gasteiger partial charge >= 0.3 is 0 Å². The molecule has 2 amide bonds. The van der Waals surface area contributed by atoms with Crippen molar-refractivity contribution in [2.75, 3.05) is 18.1 Å². The van der Waals surface area contributed by atoms with Crippen LogP contribution < -0.4 is 16.4 Å². The van der Waals surface area contributed by atoms with Gasteiger partial charge in [0.05, 0.1) is 11.5 Å². The first-order chi connectivity index (χ1) is 9.85. The van der Waals surface area contributed by atoms with Gasteiger partial charge in [0.1, 0.15) is 0 Å². The molecule has 1 unspecified atom stereocenters. The van der Waals surface area contributed by atoms with Crippen molar-refractivity contribution in [2.45, 2.75) is 44.2 Å². The van der Waals surface area contributed by atoms with Crippen LogP contribution in [-0.2, 0) is 19.4 Å². The normalized spacial score (nSPS) is 32.3. The summed E-state index contributed by atoms with van der Waals surface area (Å²) in [6.45, 7) is 0.407. The summed E-state index contributed by atoms with van der Waals surface area (Å²) >= 11 is 0. The molecule has 21 heavy (non-hydrogen) atoms. The average Bonchev–Trinajstić information content (AvgIpc) is 2.37. The topological polar surface area (TPSA) is 118 Å². The third kappa shape index (κ3) is 4.96. The van der Waals surface area contributed by atoms with Crippen LogP contribution in [0.3, 0.4) is 0 Å². The van der Waals surface area contributed by atoms with Gasteiger partial charge in [-0.05, 0) is 25.7 Å². The summed E-state index contributed by atoms with van der Waals surface area (Å²) in [5.74, 6) is -0.316. The summed E-state index contributed by atoms with van der Waals surface area (Å²) in [5.41, 5.74) is 5.27. The molecule has 120 valence electrons. The lowest BCUT2D eigenvalue weighted by Crippen LogP contribution is -2.48. The molecule has 1 saturated carbocycles. The highest BCUT2D eigenvalue weighted by Crippen LogP contribution is 2.24. The van der Waals surface area contributed by atoms with E-state index in [0.29, 0.717) is 19.4 Å². The summed E-state index contributed by atoms with van der Waals surface area (Å²) in [6.07, 6.45) is 3.08. The van der Waals surface area contributed by atoms with Gasteiger partial charge < -0.3 is 16.4 Å². The number of primary amides is 1. The maximum absolute atomic E-state index is 12.0. The smallest absolute Gasteiger partial charge is 0.221 e. The molecule has 0 radical (unpaired) electrons. The third-order valence-electron chi connectivity index (χ3n) is 4.23. The third-order valence-corrected chi connectivity index (χ3v) is 5.96. The van der Waals surface area contributed by atoms with Gasteiger partial charge in [-0.2, -0.15) is 0 Å². The van der Waals surface area contributed by atoms with Gasteiger partial charge in [0.25, 0.3) is 0 Å². The lowest BCUT2D eigenvalue weighted by Gasteiger charge is -2.28. The number of nitrogens with one attached hydrogen (secondary N) is 2. The lowest BCUT2D eigenvalue weighted by atomic mass is 9.85. The van der Waals surface area contributed by atoms with Gasteiger partial charge in [-0.1, -0.05) is 0 Å². The molecule has 4 N–H and O–H groups in total. The molecule has 2 fully saturated rings. The molecule has 0 aromatic rings. The van der Waals surface area contributed by atoms with E-state index in [1.54, 1.807) is 0 Å². The van der Waals surface area contributed by atoms with Gasteiger partial charge in [-0.25, -0.2) is 8.42 Å². The van der Waals surface area contributed by atoms with E-state index in [-0.39, 0.29) is 47.7 Å². The first-order valence-corrected chi connectivity index (χ1v) is 9.20. The quantitative estimate of drug-likeness (QED) is 0.610. The molecule has 1 aliphatic carbocycles. The van der Waals surface area contributed by atoms with Crippen molar-refractivity contribution in [3.8, 4) is 0 Å². The predicted octanol–water partition coefficient (Wildman–Crippen LogP) is -1.08. The van der Waals surface area contributed by atoms with Crippen LogP contribution >= 0.6 is 0 Å². The SMILES string of the molecule is NC(=O)C1CCC(NC(=O)CC2CS(=O)(=O)CCN2)CC1. The predicted molar refractivity (Wildman–Crippen MR) is 78.1 cm³/mol.